The highest BCUT2D eigenvalue weighted by atomic mass is 32.2. The van der Waals surface area contributed by atoms with Gasteiger partial charge in [-0.3, -0.25) is 0 Å². The van der Waals surface area contributed by atoms with Crippen molar-refractivity contribution < 1.29 is 0 Å². The summed E-state index contributed by atoms with van der Waals surface area (Å²) in [6.07, 6.45) is 6.02. The molecule has 14 heavy (non-hydrogen) atoms. The monoisotopic (exact) mass is 204 g/mol. The summed E-state index contributed by atoms with van der Waals surface area (Å²) in [5, 5.41) is 0.576. The van der Waals surface area contributed by atoms with Crippen molar-refractivity contribution in [2.24, 2.45) is 0 Å². The highest BCUT2D eigenvalue weighted by molar-refractivity contribution is 8.00. The predicted octanol–water partition coefficient (Wildman–Crippen LogP) is 4.30. The van der Waals surface area contributed by atoms with Crippen LogP contribution in [0.3, 0.4) is 0 Å². The highest BCUT2D eigenvalue weighted by Crippen LogP contribution is 2.27. The van der Waals surface area contributed by atoms with E-state index in [1.54, 1.807) is 0 Å². The van der Waals surface area contributed by atoms with Crippen LogP contribution in [0, 0.1) is 0 Å². The average molecular weight is 204 g/mol. The van der Waals surface area contributed by atoms with Crippen molar-refractivity contribution in [2.75, 3.05) is 0 Å². The molecule has 0 aliphatic heterocycles. The van der Waals surface area contributed by atoms with Gasteiger partial charge in [0, 0.05) is 10.1 Å². The maximum absolute atomic E-state index is 3.78. The lowest BCUT2D eigenvalue weighted by molar-refractivity contribution is 0.893. The Hall–Kier alpha value is -0.950. The zero-order valence-corrected chi connectivity index (χ0v) is 9.17. The fraction of sp³-hybridized carbons (Fsp3) is 0.231. The van der Waals surface area contributed by atoms with Crippen LogP contribution in [0.25, 0.3) is 0 Å². The van der Waals surface area contributed by atoms with E-state index in [1.807, 2.05) is 30.0 Å². The third-order valence-electron chi connectivity index (χ3n) is 1.91. The van der Waals surface area contributed by atoms with E-state index >= 15 is 0 Å². The number of thioether (sulfide) groups is 1. The average Bonchev–Trinajstić information content (AvgIpc) is 2.20. The van der Waals surface area contributed by atoms with Crippen molar-refractivity contribution in [3.05, 3.63) is 55.6 Å². The Morgan fingerprint density at radius 3 is 2.14 bits per heavy atom. The van der Waals surface area contributed by atoms with Gasteiger partial charge in [0.1, 0.15) is 0 Å². The smallest absolute Gasteiger partial charge is 0.0163 e. The van der Waals surface area contributed by atoms with Gasteiger partial charge in [0.05, 0.1) is 0 Å². The second kappa shape index (κ2) is 6.50. The van der Waals surface area contributed by atoms with Crippen LogP contribution >= 0.6 is 11.8 Å². The molecular formula is C13H16S. The minimum absolute atomic E-state index is 0.576. The lowest BCUT2D eigenvalue weighted by atomic mass is 10.2. The molecule has 74 valence electrons. The van der Waals surface area contributed by atoms with E-state index < -0.39 is 0 Å². The first-order chi connectivity index (χ1) is 6.86. The number of hydrogen-bond acceptors (Lipinski definition) is 1. The molecule has 0 aliphatic rings. The lowest BCUT2D eigenvalue weighted by Crippen LogP contribution is -1.98. The molecule has 1 heteroatoms. The second-order valence-electron chi connectivity index (χ2n) is 3.10. The molecule has 0 heterocycles. The van der Waals surface area contributed by atoms with Gasteiger partial charge in [-0.2, -0.15) is 0 Å². The van der Waals surface area contributed by atoms with Crippen LogP contribution in [-0.2, 0) is 0 Å². The van der Waals surface area contributed by atoms with E-state index in [-0.39, 0.29) is 0 Å². The van der Waals surface area contributed by atoms with Gasteiger partial charge in [0.25, 0.3) is 0 Å². The molecule has 0 saturated carbocycles. The van der Waals surface area contributed by atoms with E-state index in [0.29, 0.717) is 5.25 Å². The standard InChI is InChI=1S/C13H16S/c1-3-8-12(9-4-2)14-13-10-6-5-7-11-13/h3-7,10-12H,1-2,8-9H2. The topological polar surface area (TPSA) is 0 Å². The third-order valence-corrected chi connectivity index (χ3v) is 3.17. The van der Waals surface area contributed by atoms with Crippen LogP contribution in [0.2, 0.25) is 0 Å². The SMILES string of the molecule is C=CCC(CC=C)Sc1ccccc1. The van der Waals surface area contributed by atoms with Crippen molar-refractivity contribution in [3.63, 3.8) is 0 Å². The van der Waals surface area contributed by atoms with Crippen LogP contribution in [-0.4, -0.2) is 5.25 Å². The molecule has 0 bridgehead atoms. The van der Waals surface area contributed by atoms with Gasteiger partial charge >= 0.3 is 0 Å². The van der Waals surface area contributed by atoms with Crippen molar-refractivity contribution in [3.8, 4) is 0 Å². The zero-order valence-electron chi connectivity index (χ0n) is 8.36. The first-order valence-electron chi connectivity index (χ1n) is 4.80. The first-order valence-corrected chi connectivity index (χ1v) is 5.68. The molecular weight excluding hydrogens is 188 g/mol. The van der Waals surface area contributed by atoms with Gasteiger partial charge < -0.3 is 0 Å². The summed E-state index contributed by atoms with van der Waals surface area (Å²) < 4.78 is 0. The maximum atomic E-state index is 3.78. The normalized spacial score (nSPS) is 10.1. The number of allylic oxidation sites excluding steroid dienone is 2. The minimum atomic E-state index is 0.576. The Morgan fingerprint density at radius 1 is 1.07 bits per heavy atom. The summed E-state index contributed by atoms with van der Waals surface area (Å²) >= 11 is 1.90. The van der Waals surface area contributed by atoms with Crippen LogP contribution in [0.4, 0.5) is 0 Å². The van der Waals surface area contributed by atoms with E-state index in [4.69, 9.17) is 0 Å². The quantitative estimate of drug-likeness (QED) is 0.492. The van der Waals surface area contributed by atoms with Gasteiger partial charge in [-0.15, -0.1) is 24.9 Å². The van der Waals surface area contributed by atoms with Gasteiger partial charge in [0.15, 0.2) is 0 Å². The zero-order chi connectivity index (χ0) is 10.2. The Morgan fingerprint density at radius 2 is 1.64 bits per heavy atom. The van der Waals surface area contributed by atoms with Crippen molar-refractivity contribution >= 4 is 11.8 Å². The molecule has 0 unspecified atom stereocenters. The Balaban J connectivity index is 2.54. The largest absolute Gasteiger partial charge is 0.122 e. The van der Waals surface area contributed by atoms with Gasteiger partial charge in [-0.1, -0.05) is 30.4 Å². The van der Waals surface area contributed by atoms with Crippen LogP contribution < -0.4 is 0 Å². The number of hydrogen-bond donors (Lipinski definition) is 0. The van der Waals surface area contributed by atoms with Gasteiger partial charge in [0.2, 0.25) is 0 Å². The number of rotatable bonds is 6. The number of benzene rings is 1. The van der Waals surface area contributed by atoms with Gasteiger partial charge in [-0.25, -0.2) is 0 Å². The molecule has 0 fully saturated rings. The molecule has 0 nitrogen and oxygen atoms in total. The van der Waals surface area contributed by atoms with Crippen LogP contribution in [0.15, 0.2) is 60.5 Å². The lowest BCUT2D eigenvalue weighted by Gasteiger charge is -2.11. The summed E-state index contributed by atoms with van der Waals surface area (Å²) in [6.45, 7) is 7.55. The Labute approximate surface area is 90.7 Å². The van der Waals surface area contributed by atoms with E-state index in [1.165, 1.54) is 4.90 Å². The fourth-order valence-corrected chi connectivity index (χ4v) is 2.42. The summed E-state index contributed by atoms with van der Waals surface area (Å²) in [7, 11) is 0. The van der Waals surface area contributed by atoms with E-state index in [0.717, 1.165) is 12.8 Å². The molecule has 0 spiro atoms. The van der Waals surface area contributed by atoms with Crippen molar-refractivity contribution in [1.29, 1.82) is 0 Å². The summed E-state index contributed by atoms with van der Waals surface area (Å²) in [5.74, 6) is 0. The molecule has 0 aliphatic carbocycles. The molecule has 0 amide bonds. The molecule has 1 aromatic carbocycles. The van der Waals surface area contributed by atoms with E-state index in [9.17, 15) is 0 Å². The molecule has 0 N–H and O–H groups in total. The maximum Gasteiger partial charge on any atom is 0.0163 e. The molecule has 0 atom stereocenters. The van der Waals surface area contributed by atoms with Gasteiger partial charge in [-0.05, 0) is 25.0 Å². The fourth-order valence-electron chi connectivity index (χ4n) is 1.26. The molecule has 0 saturated heterocycles. The Kier molecular flexibility index (Phi) is 5.16. The molecule has 1 rings (SSSR count). The Bertz CT molecular complexity index is 267. The molecule has 0 aromatic heterocycles. The summed E-state index contributed by atoms with van der Waals surface area (Å²) in [6, 6.07) is 10.5. The van der Waals surface area contributed by atoms with Crippen molar-refractivity contribution in [1.82, 2.24) is 0 Å². The van der Waals surface area contributed by atoms with Crippen LogP contribution in [0.1, 0.15) is 12.8 Å². The van der Waals surface area contributed by atoms with E-state index in [2.05, 4.69) is 37.4 Å². The first kappa shape index (κ1) is 11.1. The van der Waals surface area contributed by atoms with Crippen molar-refractivity contribution in [2.45, 2.75) is 23.0 Å². The molecule has 1 aromatic rings. The molecule has 0 radical (unpaired) electrons. The predicted molar refractivity (Wildman–Crippen MR) is 65.7 cm³/mol. The second-order valence-corrected chi connectivity index (χ2v) is 4.48. The highest BCUT2D eigenvalue weighted by Gasteiger charge is 2.05. The minimum Gasteiger partial charge on any atom is -0.122 e. The summed E-state index contributed by atoms with van der Waals surface area (Å²) in [4.78, 5) is 1.32. The van der Waals surface area contributed by atoms with Crippen LogP contribution in [0.5, 0.6) is 0 Å². The third kappa shape index (κ3) is 3.84. The summed E-state index contributed by atoms with van der Waals surface area (Å²) in [5.41, 5.74) is 0.